The number of hydrogen-bond donors (Lipinski definition) is 0. The standard InChI is InChI=1S/C62H54N2/c1-61(2)42-43-62(3,4)60-44-52(32-41-59(60)61)51-30-39-58(40-31-51)64(54-18-12-7-13-19-54)57-37-28-50(29-38-57)49-26-35-56(36-27-49)63(53-16-10-6-11-17-53)55-33-24-48(25-34-55)47-22-20-46(21-23-47)45-14-8-5-9-15-45/h5-41,44H,42-43H2,1-4H3. The topological polar surface area (TPSA) is 6.48 Å². The van der Waals surface area contributed by atoms with Gasteiger partial charge >= 0.3 is 0 Å². The first-order chi connectivity index (χ1) is 31.2. The zero-order valence-electron chi connectivity index (χ0n) is 37.2. The third-order valence-electron chi connectivity index (χ3n) is 13.4. The molecule has 0 saturated carbocycles. The minimum Gasteiger partial charge on any atom is -0.311 e. The van der Waals surface area contributed by atoms with Crippen molar-refractivity contribution in [2.45, 2.75) is 51.4 Å². The Morgan fingerprint density at radius 2 is 0.500 bits per heavy atom. The lowest BCUT2D eigenvalue weighted by Crippen LogP contribution is -2.33. The average molecular weight is 827 g/mol. The summed E-state index contributed by atoms with van der Waals surface area (Å²) in [6.45, 7) is 9.59. The molecule has 0 unspecified atom stereocenters. The SMILES string of the molecule is CC1(C)CCC(C)(C)c2cc(-c3ccc(N(c4ccccc4)c4ccc(-c5ccc(N(c6ccccc6)c6ccc(-c7ccc(-c8ccccc8)cc7)cc6)cc5)cc4)cc3)ccc21. The van der Waals surface area contributed by atoms with Crippen LogP contribution in [-0.2, 0) is 10.8 Å². The molecule has 0 spiro atoms. The number of anilines is 6. The predicted molar refractivity (Wildman–Crippen MR) is 273 cm³/mol. The van der Waals surface area contributed by atoms with E-state index in [-0.39, 0.29) is 10.8 Å². The minimum absolute atomic E-state index is 0.173. The molecule has 0 bridgehead atoms. The molecule has 9 aromatic rings. The number of hydrogen-bond acceptors (Lipinski definition) is 2. The van der Waals surface area contributed by atoms with E-state index in [2.05, 4.69) is 268 Å². The van der Waals surface area contributed by atoms with E-state index in [0.29, 0.717) is 0 Å². The van der Waals surface area contributed by atoms with Gasteiger partial charge in [-0.25, -0.2) is 0 Å². The lowest BCUT2D eigenvalue weighted by Gasteiger charge is -2.42. The van der Waals surface area contributed by atoms with Gasteiger partial charge in [-0.05, 0) is 152 Å². The van der Waals surface area contributed by atoms with Crippen LogP contribution in [0.3, 0.4) is 0 Å². The monoisotopic (exact) mass is 826 g/mol. The van der Waals surface area contributed by atoms with Crippen LogP contribution in [-0.4, -0.2) is 0 Å². The highest BCUT2D eigenvalue weighted by Crippen LogP contribution is 2.47. The lowest BCUT2D eigenvalue weighted by molar-refractivity contribution is 0.332. The van der Waals surface area contributed by atoms with Crippen LogP contribution in [0.15, 0.2) is 231 Å². The van der Waals surface area contributed by atoms with Gasteiger partial charge in [0.25, 0.3) is 0 Å². The molecule has 2 nitrogen and oxygen atoms in total. The average Bonchev–Trinajstić information content (AvgIpc) is 3.35. The minimum atomic E-state index is 0.173. The molecule has 0 fully saturated rings. The second-order valence-electron chi connectivity index (χ2n) is 18.5. The predicted octanol–water partition coefficient (Wildman–Crippen LogP) is 17.6. The molecular formula is C62H54N2. The quantitative estimate of drug-likeness (QED) is 0.136. The zero-order chi connectivity index (χ0) is 43.7. The first-order valence-corrected chi connectivity index (χ1v) is 22.6. The van der Waals surface area contributed by atoms with Gasteiger partial charge in [0.05, 0.1) is 0 Å². The summed E-state index contributed by atoms with van der Waals surface area (Å²) in [5.41, 5.74) is 19.8. The highest BCUT2D eigenvalue weighted by molar-refractivity contribution is 5.82. The maximum atomic E-state index is 2.45. The highest BCUT2D eigenvalue weighted by Gasteiger charge is 2.37. The summed E-state index contributed by atoms with van der Waals surface area (Å²) in [6.07, 6.45) is 2.43. The molecule has 0 atom stereocenters. The Hall–Kier alpha value is -7.42. The van der Waals surface area contributed by atoms with E-state index in [0.717, 1.165) is 34.1 Å². The third kappa shape index (κ3) is 8.16. The molecule has 9 aromatic carbocycles. The molecule has 0 N–H and O–H groups in total. The third-order valence-corrected chi connectivity index (χ3v) is 13.4. The van der Waals surface area contributed by atoms with Crippen molar-refractivity contribution in [1.29, 1.82) is 0 Å². The van der Waals surface area contributed by atoms with E-state index in [4.69, 9.17) is 0 Å². The van der Waals surface area contributed by atoms with Crippen molar-refractivity contribution in [3.63, 3.8) is 0 Å². The first kappa shape index (κ1) is 40.6. The van der Waals surface area contributed by atoms with Crippen LogP contribution in [0.1, 0.15) is 51.7 Å². The molecule has 1 aliphatic rings. The number of benzene rings is 9. The molecule has 64 heavy (non-hydrogen) atoms. The van der Waals surface area contributed by atoms with E-state index in [1.54, 1.807) is 0 Å². The van der Waals surface area contributed by atoms with E-state index < -0.39 is 0 Å². The van der Waals surface area contributed by atoms with E-state index >= 15 is 0 Å². The van der Waals surface area contributed by atoms with Gasteiger partial charge in [0.2, 0.25) is 0 Å². The Labute approximate surface area is 379 Å². The summed E-state index contributed by atoms with van der Waals surface area (Å²) in [5.74, 6) is 0. The van der Waals surface area contributed by atoms with Gasteiger partial charge in [-0.2, -0.15) is 0 Å². The van der Waals surface area contributed by atoms with E-state index in [1.165, 1.54) is 68.5 Å². The molecule has 1 aliphatic carbocycles. The Bertz CT molecular complexity index is 2970. The number of rotatable bonds is 10. The Morgan fingerprint density at radius 3 is 0.859 bits per heavy atom. The largest absolute Gasteiger partial charge is 0.311 e. The fraction of sp³-hybridized carbons (Fsp3) is 0.129. The van der Waals surface area contributed by atoms with E-state index in [1.807, 2.05) is 0 Å². The maximum Gasteiger partial charge on any atom is 0.0462 e. The number of nitrogens with zero attached hydrogens (tertiary/aromatic N) is 2. The molecule has 10 rings (SSSR count). The van der Waals surface area contributed by atoms with Crippen molar-refractivity contribution >= 4 is 34.1 Å². The van der Waals surface area contributed by atoms with Gasteiger partial charge in [0.15, 0.2) is 0 Å². The molecular weight excluding hydrogens is 773 g/mol. The summed E-state index contributed by atoms with van der Waals surface area (Å²) < 4.78 is 0. The van der Waals surface area contributed by atoms with Crippen LogP contribution in [0, 0.1) is 0 Å². The van der Waals surface area contributed by atoms with Crippen molar-refractivity contribution in [2.75, 3.05) is 9.80 Å². The van der Waals surface area contributed by atoms with Crippen LogP contribution in [0.5, 0.6) is 0 Å². The summed E-state index contributed by atoms with van der Waals surface area (Å²) in [6, 6.07) is 83.7. The van der Waals surface area contributed by atoms with E-state index in [9.17, 15) is 0 Å². The molecule has 312 valence electrons. The lowest BCUT2D eigenvalue weighted by atomic mass is 9.63. The Kier molecular flexibility index (Phi) is 10.8. The second-order valence-corrected chi connectivity index (χ2v) is 18.5. The van der Waals surface area contributed by atoms with Crippen molar-refractivity contribution in [3.8, 4) is 44.5 Å². The van der Waals surface area contributed by atoms with Crippen LogP contribution >= 0.6 is 0 Å². The smallest absolute Gasteiger partial charge is 0.0462 e. The zero-order valence-corrected chi connectivity index (χ0v) is 37.2. The summed E-state index contributed by atoms with van der Waals surface area (Å²) in [5, 5.41) is 0. The number of fused-ring (bicyclic) bond motifs is 1. The van der Waals surface area contributed by atoms with Gasteiger partial charge in [0.1, 0.15) is 0 Å². The van der Waals surface area contributed by atoms with Gasteiger partial charge in [-0.15, -0.1) is 0 Å². The van der Waals surface area contributed by atoms with Crippen molar-refractivity contribution in [2.24, 2.45) is 0 Å². The van der Waals surface area contributed by atoms with Crippen LogP contribution in [0.25, 0.3) is 44.5 Å². The van der Waals surface area contributed by atoms with Gasteiger partial charge in [-0.3, -0.25) is 0 Å². The summed E-state index contributed by atoms with van der Waals surface area (Å²) in [7, 11) is 0. The van der Waals surface area contributed by atoms with Gasteiger partial charge < -0.3 is 9.80 Å². The molecule has 0 heterocycles. The van der Waals surface area contributed by atoms with Crippen LogP contribution in [0.2, 0.25) is 0 Å². The fourth-order valence-corrected chi connectivity index (χ4v) is 9.51. The van der Waals surface area contributed by atoms with Crippen LogP contribution in [0.4, 0.5) is 34.1 Å². The van der Waals surface area contributed by atoms with Crippen LogP contribution < -0.4 is 9.80 Å². The fourth-order valence-electron chi connectivity index (χ4n) is 9.51. The molecule has 0 aliphatic heterocycles. The normalized spacial score (nSPS) is 13.8. The number of para-hydroxylation sites is 2. The first-order valence-electron chi connectivity index (χ1n) is 22.6. The highest BCUT2D eigenvalue weighted by atomic mass is 15.1. The molecule has 0 amide bonds. The maximum absolute atomic E-state index is 2.45. The Morgan fingerprint density at radius 1 is 0.250 bits per heavy atom. The summed E-state index contributed by atoms with van der Waals surface area (Å²) >= 11 is 0. The second kappa shape index (κ2) is 17.0. The van der Waals surface area contributed by atoms with Crippen molar-refractivity contribution in [1.82, 2.24) is 0 Å². The molecule has 2 heteroatoms. The molecule has 0 aromatic heterocycles. The van der Waals surface area contributed by atoms with Gasteiger partial charge in [-0.1, -0.05) is 185 Å². The Balaban J connectivity index is 0.900. The summed E-state index contributed by atoms with van der Waals surface area (Å²) in [4.78, 5) is 4.67. The molecule has 0 saturated heterocycles. The van der Waals surface area contributed by atoms with Gasteiger partial charge in [0, 0.05) is 34.1 Å². The molecule has 0 radical (unpaired) electrons. The van der Waals surface area contributed by atoms with Crippen molar-refractivity contribution in [3.05, 3.63) is 242 Å². The van der Waals surface area contributed by atoms with Crippen molar-refractivity contribution < 1.29 is 0 Å².